The molecule has 3 rings (SSSR count). The zero-order valence-corrected chi connectivity index (χ0v) is 7.58. The standard InChI is InChI=1S/C10H13N3/c11-9-5-7-6-10(3-4-10)2-1-8(7)12-13-9/h5H,1-4,6H2,(H2,11,13). The van der Waals surface area contributed by atoms with Crippen LogP contribution in [-0.4, -0.2) is 10.2 Å². The van der Waals surface area contributed by atoms with Crippen LogP contribution in [0.15, 0.2) is 6.07 Å². The van der Waals surface area contributed by atoms with E-state index < -0.39 is 0 Å². The molecule has 1 aromatic heterocycles. The number of nitrogens with zero attached hydrogens (tertiary/aromatic N) is 2. The summed E-state index contributed by atoms with van der Waals surface area (Å²) >= 11 is 0. The summed E-state index contributed by atoms with van der Waals surface area (Å²) in [5, 5.41) is 8.03. The Morgan fingerprint density at radius 1 is 1.23 bits per heavy atom. The van der Waals surface area contributed by atoms with Gasteiger partial charge in [0.2, 0.25) is 0 Å². The van der Waals surface area contributed by atoms with E-state index in [-0.39, 0.29) is 0 Å². The molecule has 0 atom stereocenters. The predicted molar refractivity (Wildman–Crippen MR) is 50.1 cm³/mol. The van der Waals surface area contributed by atoms with Gasteiger partial charge in [-0.2, -0.15) is 5.10 Å². The van der Waals surface area contributed by atoms with Crippen LogP contribution in [0.4, 0.5) is 5.82 Å². The molecule has 0 bridgehead atoms. The average Bonchev–Trinajstić information content (AvgIpc) is 2.84. The third kappa shape index (κ3) is 1.10. The molecule has 1 aromatic rings. The van der Waals surface area contributed by atoms with E-state index in [1.807, 2.05) is 6.07 Å². The van der Waals surface area contributed by atoms with Crippen molar-refractivity contribution in [3.8, 4) is 0 Å². The van der Waals surface area contributed by atoms with Gasteiger partial charge in [0.15, 0.2) is 0 Å². The highest BCUT2D eigenvalue weighted by molar-refractivity contribution is 5.36. The fraction of sp³-hybridized carbons (Fsp3) is 0.600. The molecule has 1 heterocycles. The molecule has 0 aromatic carbocycles. The van der Waals surface area contributed by atoms with Crippen molar-refractivity contribution >= 4 is 5.82 Å². The Balaban J connectivity index is 2.02. The molecule has 3 heteroatoms. The molecule has 3 nitrogen and oxygen atoms in total. The summed E-state index contributed by atoms with van der Waals surface area (Å²) in [4.78, 5) is 0. The van der Waals surface area contributed by atoms with Crippen LogP contribution in [0.2, 0.25) is 0 Å². The van der Waals surface area contributed by atoms with Crippen molar-refractivity contribution in [2.75, 3.05) is 5.73 Å². The second kappa shape index (κ2) is 2.22. The van der Waals surface area contributed by atoms with E-state index in [2.05, 4.69) is 10.2 Å². The van der Waals surface area contributed by atoms with Crippen LogP contribution < -0.4 is 5.73 Å². The van der Waals surface area contributed by atoms with Crippen LogP contribution in [0.25, 0.3) is 0 Å². The fourth-order valence-electron chi connectivity index (χ4n) is 2.32. The first-order valence-corrected chi connectivity index (χ1v) is 4.88. The van der Waals surface area contributed by atoms with Gasteiger partial charge in [0, 0.05) is 0 Å². The summed E-state index contributed by atoms with van der Waals surface area (Å²) < 4.78 is 0. The lowest BCUT2D eigenvalue weighted by atomic mass is 9.84. The van der Waals surface area contributed by atoms with Gasteiger partial charge in [-0.1, -0.05) is 0 Å². The van der Waals surface area contributed by atoms with Crippen molar-refractivity contribution < 1.29 is 0 Å². The molecule has 68 valence electrons. The lowest BCUT2D eigenvalue weighted by molar-refractivity contribution is 0.430. The normalized spacial score (nSPS) is 22.8. The van der Waals surface area contributed by atoms with Gasteiger partial charge in [-0.15, -0.1) is 5.10 Å². The minimum Gasteiger partial charge on any atom is -0.382 e. The summed E-state index contributed by atoms with van der Waals surface area (Å²) in [7, 11) is 0. The van der Waals surface area contributed by atoms with Crippen molar-refractivity contribution in [3.63, 3.8) is 0 Å². The minimum absolute atomic E-state index is 0.566. The lowest BCUT2D eigenvalue weighted by Gasteiger charge is -2.22. The molecule has 0 unspecified atom stereocenters. The molecule has 0 amide bonds. The molecule has 1 fully saturated rings. The number of aromatic nitrogens is 2. The number of nitrogens with two attached hydrogens (primary N) is 1. The molecule has 0 radical (unpaired) electrons. The van der Waals surface area contributed by atoms with Crippen molar-refractivity contribution in [2.24, 2.45) is 5.41 Å². The fourth-order valence-corrected chi connectivity index (χ4v) is 2.32. The van der Waals surface area contributed by atoms with Gasteiger partial charge in [-0.25, -0.2) is 0 Å². The maximum absolute atomic E-state index is 5.62. The monoisotopic (exact) mass is 175 g/mol. The third-order valence-electron chi connectivity index (χ3n) is 3.39. The molecule has 2 aliphatic rings. The largest absolute Gasteiger partial charge is 0.382 e. The van der Waals surface area contributed by atoms with Crippen LogP contribution in [0.3, 0.4) is 0 Å². The second-order valence-corrected chi connectivity index (χ2v) is 4.42. The van der Waals surface area contributed by atoms with Gasteiger partial charge in [0.25, 0.3) is 0 Å². The van der Waals surface area contributed by atoms with Crippen LogP contribution in [0.1, 0.15) is 30.5 Å². The number of aryl methyl sites for hydroxylation is 1. The first-order chi connectivity index (χ1) is 6.27. The maximum atomic E-state index is 5.62. The van der Waals surface area contributed by atoms with E-state index in [9.17, 15) is 0 Å². The van der Waals surface area contributed by atoms with Crippen molar-refractivity contribution in [1.29, 1.82) is 0 Å². The van der Waals surface area contributed by atoms with E-state index in [1.54, 1.807) is 0 Å². The molecule has 2 N–H and O–H groups in total. The van der Waals surface area contributed by atoms with Gasteiger partial charge in [0.05, 0.1) is 5.69 Å². The van der Waals surface area contributed by atoms with E-state index in [0.29, 0.717) is 11.2 Å². The molecule has 13 heavy (non-hydrogen) atoms. The van der Waals surface area contributed by atoms with Crippen LogP contribution in [0, 0.1) is 5.41 Å². The van der Waals surface area contributed by atoms with Crippen molar-refractivity contribution in [1.82, 2.24) is 10.2 Å². The predicted octanol–water partition coefficient (Wildman–Crippen LogP) is 1.33. The molecule has 0 saturated heterocycles. The number of rotatable bonds is 0. The van der Waals surface area contributed by atoms with Gasteiger partial charge in [0.1, 0.15) is 5.82 Å². The topological polar surface area (TPSA) is 51.8 Å². The quantitative estimate of drug-likeness (QED) is 0.647. The Kier molecular flexibility index (Phi) is 1.25. The molecule has 1 saturated carbocycles. The van der Waals surface area contributed by atoms with Gasteiger partial charge in [-0.3, -0.25) is 0 Å². The Bertz CT molecular complexity index is 355. The SMILES string of the molecule is Nc1cc2c(nn1)CCC1(CC1)C2. The maximum Gasteiger partial charge on any atom is 0.146 e. The number of nitrogen functional groups attached to an aromatic ring is 1. The van der Waals surface area contributed by atoms with Crippen LogP contribution in [0.5, 0.6) is 0 Å². The van der Waals surface area contributed by atoms with Crippen molar-refractivity contribution in [2.45, 2.75) is 32.1 Å². The Hall–Kier alpha value is -1.12. The van der Waals surface area contributed by atoms with E-state index in [1.165, 1.54) is 36.9 Å². The minimum atomic E-state index is 0.566. The Labute approximate surface area is 77.4 Å². The van der Waals surface area contributed by atoms with Crippen LogP contribution in [-0.2, 0) is 12.8 Å². The first kappa shape index (κ1) is 7.30. The second-order valence-electron chi connectivity index (χ2n) is 4.42. The Morgan fingerprint density at radius 3 is 2.85 bits per heavy atom. The summed E-state index contributed by atoms with van der Waals surface area (Å²) in [6.07, 6.45) is 6.38. The number of anilines is 1. The average molecular weight is 175 g/mol. The highest BCUT2D eigenvalue weighted by Crippen LogP contribution is 2.54. The van der Waals surface area contributed by atoms with Crippen molar-refractivity contribution in [3.05, 3.63) is 17.3 Å². The summed E-state index contributed by atoms with van der Waals surface area (Å²) in [5.74, 6) is 0.566. The van der Waals surface area contributed by atoms with E-state index in [0.717, 1.165) is 6.42 Å². The molecular formula is C10H13N3. The lowest BCUT2D eigenvalue weighted by Crippen LogP contribution is -2.17. The van der Waals surface area contributed by atoms with E-state index in [4.69, 9.17) is 5.73 Å². The number of fused-ring (bicyclic) bond motifs is 1. The smallest absolute Gasteiger partial charge is 0.146 e. The van der Waals surface area contributed by atoms with Gasteiger partial charge in [-0.05, 0) is 49.1 Å². The number of hydrogen-bond donors (Lipinski definition) is 1. The van der Waals surface area contributed by atoms with Gasteiger partial charge >= 0.3 is 0 Å². The molecular weight excluding hydrogens is 162 g/mol. The summed E-state index contributed by atoms with van der Waals surface area (Å²) in [6, 6.07) is 2.00. The van der Waals surface area contributed by atoms with E-state index >= 15 is 0 Å². The zero-order chi connectivity index (χ0) is 8.89. The summed E-state index contributed by atoms with van der Waals surface area (Å²) in [5.41, 5.74) is 8.78. The molecule has 2 aliphatic carbocycles. The summed E-state index contributed by atoms with van der Waals surface area (Å²) in [6.45, 7) is 0. The third-order valence-corrected chi connectivity index (χ3v) is 3.39. The van der Waals surface area contributed by atoms with Gasteiger partial charge < -0.3 is 5.73 Å². The molecule has 0 aliphatic heterocycles. The first-order valence-electron chi connectivity index (χ1n) is 4.88. The Morgan fingerprint density at radius 2 is 2.08 bits per heavy atom. The van der Waals surface area contributed by atoms with Crippen LogP contribution >= 0.6 is 0 Å². The zero-order valence-electron chi connectivity index (χ0n) is 7.58. The highest BCUT2D eigenvalue weighted by atomic mass is 15.1. The highest BCUT2D eigenvalue weighted by Gasteiger charge is 2.44. The number of hydrogen-bond acceptors (Lipinski definition) is 3. The molecule has 1 spiro atoms.